The van der Waals surface area contributed by atoms with Crippen molar-refractivity contribution < 1.29 is 38.0 Å². The number of ether oxygens (including phenoxy) is 6. The molecule has 8 heteroatoms. The number of hydrogen-bond acceptors (Lipinski definition) is 8. The van der Waals surface area contributed by atoms with Gasteiger partial charge in [-0.05, 0) is 43.7 Å². The summed E-state index contributed by atoms with van der Waals surface area (Å²) in [7, 11) is 0. The summed E-state index contributed by atoms with van der Waals surface area (Å²) in [5, 5.41) is 3.58. The first kappa shape index (κ1) is 43.0. The van der Waals surface area contributed by atoms with Crippen molar-refractivity contribution in [2.75, 3.05) is 39.6 Å². The summed E-state index contributed by atoms with van der Waals surface area (Å²) in [6.07, 6.45) is 12.6. The molecular weight excluding hydrogens is 656 g/mol. The number of benzene rings is 3. The molecule has 0 aliphatic carbocycles. The summed E-state index contributed by atoms with van der Waals surface area (Å²) in [4.78, 5) is 25.7. The van der Waals surface area contributed by atoms with Crippen molar-refractivity contribution in [3.05, 3.63) is 48.0 Å². The van der Waals surface area contributed by atoms with Crippen molar-refractivity contribution in [2.24, 2.45) is 0 Å². The van der Waals surface area contributed by atoms with E-state index in [0.29, 0.717) is 37.6 Å². The molecule has 0 N–H and O–H groups in total. The molecule has 0 radical (unpaired) electrons. The van der Waals surface area contributed by atoms with Crippen LogP contribution in [0.25, 0.3) is 21.5 Å². The fourth-order valence-corrected chi connectivity index (χ4v) is 6.07. The first-order valence-corrected chi connectivity index (χ1v) is 20.2. The van der Waals surface area contributed by atoms with Gasteiger partial charge in [-0.15, -0.1) is 0 Å². The predicted molar refractivity (Wildman–Crippen MR) is 211 cm³/mol. The summed E-state index contributed by atoms with van der Waals surface area (Å²) in [5.74, 6) is 0.982. The highest BCUT2D eigenvalue weighted by atomic mass is 16.6. The van der Waals surface area contributed by atoms with E-state index < -0.39 is 12.2 Å². The zero-order chi connectivity index (χ0) is 37.4. The summed E-state index contributed by atoms with van der Waals surface area (Å²) in [5.41, 5.74) is 1.16. The Morgan fingerprint density at radius 1 is 0.519 bits per heavy atom. The van der Waals surface area contributed by atoms with Gasteiger partial charge in [-0.3, -0.25) is 9.59 Å². The zero-order valence-electron chi connectivity index (χ0n) is 32.8. The Labute approximate surface area is 313 Å². The van der Waals surface area contributed by atoms with Gasteiger partial charge < -0.3 is 28.4 Å². The molecule has 0 heterocycles. The van der Waals surface area contributed by atoms with Crippen LogP contribution in [0.1, 0.15) is 130 Å². The summed E-state index contributed by atoms with van der Waals surface area (Å²) in [6, 6.07) is 14.4. The second-order valence-corrected chi connectivity index (χ2v) is 13.8. The summed E-state index contributed by atoms with van der Waals surface area (Å²) < 4.78 is 37.0. The molecule has 0 bridgehead atoms. The van der Waals surface area contributed by atoms with Gasteiger partial charge >= 0.3 is 11.9 Å². The summed E-state index contributed by atoms with van der Waals surface area (Å²) >= 11 is 0. The van der Waals surface area contributed by atoms with E-state index in [1.807, 2.05) is 24.3 Å². The second-order valence-electron chi connectivity index (χ2n) is 13.8. The quantitative estimate of drug-likeness (QED) is 0.0397. The molecule has 0 fully saturated rings. The van der Waals surface area contributed by atoms with Crippen LogP contribution in [-0.2, 0) is 35.0 Å². The lowest BCUT2D eigenvalue weighted by molar-refractivity contribution is -0.155. The van der Waals surface area contributed by atoms with Crippen LogP contribution in [0.5, 0.6) is 11.5 Å². The van der Waals surface area contributed by atoms with Crippen molar-refractivity contribution in [1.29, 1.82) is 0 Å². The first-order valence-electron chi connectivity index (χ1n) is 20.2. The Kier molecular flexibility index (Phi) is 21.2. The monoisotopic (exact) mass is 722 g/mol. The minimum Gasteiger partial charge on any atom is -0.488 e. The molecule has 0 saturated heterocycles. The summed E-state index contributed by atoms with van der Waals surface area (Å²) in [6.45, 7) is 12.8. The highest BCUT2D eigenvalue weighted by Gasteiger charge is 2.22. The molecule has 0 spiro atoms. The van der Waals surface area contributed by atoms with Gasteiger partial charge in [0.1, 0.15) is 24.7 Å². The van der Waals surface area contributed by atoms with Crippen LogP contribution < -0.4 is 9.47 Å². The normalized spacial score (nSPS) is 12.6. The average Bonchev–Trinajstić information content (AvgIpc) is 3.16. The largest absolute Gasteiger partial charge is 0.488 e. The van der Waals surface area contributed by atoms with Crippen molar-refractivity contribution >= 4 is 33.5 Å². The molecule has 290 valence electrons. The second kappa shape index (κ2) is 25.6. The van der Waals surface area contributed by atoms with Gasteiger partial charge in [0.2, 0.25) is 0 Å². The molecular formula is C44H66O8. The zero-order valence-corrected chi connectivity index (χ0v) is 32.8. The van der Waals surface area contributed by atoms with Crippen LogP contribution >= 0.6 is 0 Å². The molecule has 2 unspecified atom stereocenters. The van der Waals surface area contributed by atoms with Gasteiger partial charge in [0.25, 0.3) is 0 Å². The molecule has 0 aromatic heterocycles. The third-order valence-electron chi connectivity index (χ3n) is 9.18. The third-order valence-corrected chi connectivity index (χ3v) is 9.18. The highest BCUT2D eigenvalue weighted by molar-refractivity contribution is 6.11. The molecule has 3 aromatic carbocycles. The van der Waals surface area contributed by atoms with E-state index >= 15 is 0 Å². The van der Waals surface area contributed by atoms with E-state index in [2.05, 4.69) is 52.8 Å². The number of rotatable bonds is 29. The molecule has 3 rings (SSSR count). The lowest BCUT2D eigenvalue weighted by Gasteiger charge is -2.23. The van der Waals surface area contributed by atoms with Crippen LogP contribution in [0.2, 0.25) is 0 Å². The Morgan fingerprint density at radius 2 is 0.981 bits per heavy atom. The Morgan fingerprint density at radius 3 is 1.44 bits per heavy atom. The van der Waals surface area contributed by atoms with E-state index in [9.17, 15) is 9.59 Å². The van der Waals surface area contributed by atoms with Gasteiger partial charge in [0.15, 0.2) is 12.2 Å². The van der Waals surface area contributed by atoms with Crippen molar-refractivity contribution in [2.45, 2.75) is 143 Å². The number of carbonyl (C=O) groups is 2. The number of unbranched alkanes of at least 4 members (excludes halogenated alkanes) is 8. The minimum absolute atomic E-state index is 0.160. The molecule has 8 nitrogen and oxygen atoms in total. The van der Waals surface area contributed by atoms with Gasteiger partial charge in [-0.2, -0.15) is 0 Å². The number of aryl methyl sites for hydroxylation is 1. The maximum absolute atomic E-state index is 12.9. The van der Waals surface area contributed by atoms with Crippen LogP contribution in [0, 0.1) is 0 Å². The van der Waals surface area contributed by atoms with Gasteiger partial charge in [-0.25, -0.2) is 0 Å². The van der Waals surface area contributed by atoms with Crippen LogP contribution in [-0.4, -0.2) is 63.8 Å². The molecule has 0 amide bonds. The Bertz CT molecular complexity index is 1450. The number of carbonyl (C=O) groups excluding carboxylic acids is 2. The maximum Gasteiger partial charge on any atom is 0.306 e. The Hall–Kier alpha value is -3.36. The van der Waals surface area contributed by atoms with Gasteiger partial charge in [0.05, 0.1) is 13.2 Å². The smallest absolute Gasteiger partial charge is 0.306 e. The SMILES string of the molecule is CCCCCCC(=O)OC(COCCCC)COc1c2ccccc2c(OCC(COCCCC)OC(=O)CCCCCC)c2cc(CC)ccc12. The van der Waals surface area contributed by atoms with E-state index in [0.717, 1.165) is 111 Å². The lowest BCUT2D eigenvalue weighted by Crippen LogP contribution is -2.30. The number of hydrogen-bond donors (Lipinski definition) is 0. The van der Waals surface area contributed by atoms with E-state index in [4.69, 9.17) is 28.4 Å². The average molecular weight is 723 g/mol. The van der Waals surface area contributed by atoms with Crippen molar-refractivity contribution in [1.82, 2.24) is 0 Å². The molecule has 3 aromatic rings. The van der Waals surface area contributed by atoms with E-state index in [1.165, 1.54) is 0 Å². The van der Waals surface area contributed by atoms with Gasteiger partial charge in [-0.1, -0.05) is 122 Å². The molecule has 0 aliphatic rings. The predicted octanol–water partition coefficient (Wildman–Crippen LogP) is 10.7. The van der Waals surface area contributed by atoms with E-state index in [-0.39, 0.29) is 38.4 Å². The molecule has 0 aliphatic heterocycles. The maximum atomic E-state index is 12.9. The van der Waals surface area contributed by atoms with Crippen LogP contribution in [0.4, 0.5) is 0 Å². The highest BCUT2D eigenvalue weighted by Crippen LogP contribution is 2.43. The standard InChI is InChI=1S/C44H66O8/c1-6-11-15-17-23-41(45)51-35(30-47-27-13-8-3)32-49-43-37-21-19-20-22-38(37)44(40-29-34(10-5)25-26-39(40)43)50-33-36(31-48-28-14-9-4)52-42(46)24-18-16-12-7-2/h19-22,25-26,29,35-36H,6-18,23-24,27-28,30-33H2,1-5H3. The first-order chi connectivity index (χ1) is 25.4. The molecule has 0 saturated carbocycles. The topological polar surface area (TPSA) is 89.5 Å². The van der Waals surface area contributed by atoms with E-state index in [1.54, 1.807) is 0 Å². The van der Waals surface area contributed by atoms with Gasteiger partial charge in [0, 0.05) is 47.6 Å². The minimum atomic E-state index is -0.542. The van der Waals surface area contributed by atoms with Crippen LogP contribution in [0.3, 0.4) is 0 Å². The molecule has 2 atom stereocenters. The van der Waals surface area contributed by atoms with Crippen LogP contribution in [0.15, 0.2) is 42.5 Å². The lowest BCUT2D eigenvalue weighted by atomic mass is 9.98. The fraction of sp³-hybridized carbons (Fsp3) is 0.636. The van der Waals surface area contributed by atoms with Crippen molar-refractivity contribution in [3.63, 3.8) is 0 Å². The Balaban J connectivity index is 1.90. The number of fused-ring (bicyclic) bond motifs is 2. The molecule has 52 heavy (non-hydrogen) atoms. The third kappa shape index (κ3) is 14.9. The van der Waals surface area contributed by atoms with Crippen molar-refractivity contribution in [3.8, 4) is 11.5 Å². The fourth-order valence-electron chi connectivity index (χ4n) is 6.07. The number of esters is 2.